The Morgan fingerprint density at radius 1 is 0.964 bits per heavy atom. The van der Waals surface area contributed by atoms with Crippen molar-refractivity contribution < 1.29 is 4.79 Å². The van der Waals surface area contributed by atoms with Crippen LogP contribution in [0.4, 0.5) is 0 Å². The third kappa shape index (κ3) is 4.18. The Balaban J connectivity index is 1.41. The lowest BCUT2D eigenvalue weighted by Crippen LogP contribution is -2.22. The second-order valence-electron chi connectivity index (χ2n) is 6.65. The molecule has 0 bridgehead atoms. The molecule has 0 aliphatic rings. The van der Waals surface area contributed by atoms with Crippen LogP contribution in [-0.4, -0.2) is 10.9 Å². The Labute approximate surface area is 168 Å². The van der Waals surface area contributed by atoms with Crippen molar-refractivity contribution in [2.75, 3.05) is 0 Å². The molecule has 1 amide bonds. The van der Waals surface area contributed by atoms with Crippen LogP contribution in [0.3, 0.4) is 0 Å². The molecule has 0 radical (unpaired) electrons. The molecule has 138 valence electrons. The average molecular weight is 385 g/mol. The van der Waals surface area contributed by atoms with E-state index in [0.29, 0.717) is 12.1 Å². The zero-order valence-electron chi connectivity index (χ0n) is 15.6. The van der Waals surface area contributed by atoms with E-state index in [2.05, 4.69) is 41.5 Å². The van der Waals surface area contributed by atoms with Crippen LogP contribution in [0.15, 0.2) is 84.4 Å². The molecule has 0 unspecified atom stereocenters. The largest absolute Gasteiger partial charge is 0.348 e. The standard InChI is InChI=1S/C24H20N2OS/c1-17-4-6-19(7-5-17)20-8-10-21(11-9-20)24(27)26-16-18-12-13-25-22(15-18)23-3-2-14-28-23/h2-15H,16H2,1H3,(H,26,27). The number of benzene rings is 2. The number of nitrogens with one attached hydrogen (secondary N) is 1. The number of thiophene rings is 1. The van der Waals surface area contributed by atoms with Crippen LogP contribution in [0, 0.1) is 6.92 Å². The van der Waals surface area contributed by atoms with E-state index in [1.807, 2.05) is 53.9 Å². The molecule has 0 atom stereocenters. The number of aryl methyl sites for hydroxylation is 1. The van der Waals surface area contributed by atoms with Gasteiger partial charge in [0, 0.05) is 18.3 Å². The number of hydrogen-bond acceptors (Lipinski definition) is 3. The van der Waals surface area contributed by atoms with Crippen molar-refractivity contribution in [2.45, 2.75) is 13.5 Å². The Bertz CT molecular complexity index is 1070. The number of hydrogen-bond donors (Lipinski definition) is 1. The van der Waals surface area contributed by atoms with E-state index in [1.54, 1.807) is 17.5 Å². The quantitative estimate of drug-likeness (QED) is 0.478. The molecule has 0 aliphatic carbocycles. The Hall–Kier alpha value is -3.24. The van der Waals surface area contributed by atoms with Gasteiger partial charge in [-0.1, -0.05) is 48.0 Å². The summed E-state index contributed by atoms with van der Waals surface area (Å²) in [5, 5.41) is 5.02. The number of pyridine rings is 1. The summed E-state index contributed by atoms with van der Waals surface area (Å²) >= 11 is 1.66. The SMILES string of the molecule is Cc1ccc(-c2ccc(C(=O)NCc3ccnc(-c4cccs4)c3)cc2)cc1. The first kappa shape index (κ1) is 18.1. The minimum Gasteiger partial charge on any atom is -0.348 e. The first-order chi connectivity index (χ1) is 13.7. The van der Waals surface area contributed by atoms with Crippen molar-refractivity contribution in [3.8, 4) is 21.7 Å². The van der Waals surface area contributed by atoms with Crippen molar-refractivity contribution in [1.82, 2.24) is 10.3 Å². The van der Waals surface area contributed by atoms with E-state index in [0.717, 1.165) is 27.3 Å². The summed E-state index contributed by atoms with van der Waals surface area (Å²) in [7, 11) is 0. The highest BCUT2D eigenvalue weighted by molar-refractivity contribution is 7.13. The minimum absolute atomic E-state index is 0.0788. The fourth-order valence-corrected chi connectivity index (χ4v) is 3.68. The molecule has 0 saturated heterocycles. The Morgan fingerprint density at radius 3 is 2.36 bits per heavy atom. The van der Waals surface area contributed by atoms with Gasteiger partial charge in [0.05, 0.1) is 10.6 Å². The molecule has 2 aromatic heterocycles. The second-order valence-corrected chi connectivity index (χ2v) is 7.60. The maximum atomic E-state index is 12.5. The maximum Gasteiger partial charge on any atom is 0.251 e. The number of nitrogens with zero attached hydrogens (tertiary/aromatic N) is 1. The van der Waals surface area contributed by atoms with Gasteiger partial charge in [-0.25, -0.2) is 0 Å². The highest BCUT2D eigenvalue weighted by atomic mass is 32.1. The van der Waals surface area contributed by atoms with Crippen molar-refractivity contribution in [1.29, 1.82) is 0 Å². The van der Waals surface area contributed by atoms with Gasteiger partial charge in [-0.15, -0.1) is 11.3 Å². The third-order valence-electron chi connectivity index (χ3n) is 4.58. The van der Waals surface area contributed by atoms with E-state index in [4.69, 9.17) is 0 Å². The molecule has 0 fully saturated rings. The summed E-state index contributed by atoms with van der Waals surface area (Å²) in [5.74, 6) is -0.0788. The molecule has 0 saturated carbocycles. The number of rotatable bonds is 5. The molecule has 2 heterocycles. The van der Waals surface area contributed by atoms with Gasteiger partial charge in [0.2, 0.25) is 0 Å². The molecular formula is C24H20N2OS. The van der Waals surface area contributed by atoms with Crippen molar-refractivity contribution in [3.05, 3.63) is 101 Å². The maximum absolute atomic E-state index is 12.5. The molecule has 4 aromatic rings. The summed E-state index contributed by atoms with van der Waals surface area (Å²) in [6, 6.07) is 24.1. The Kier molecular flexibility index (Phi) is 5.31. The molecule has 28 heavy (non-hydrogen) atoms. The molecule has 1 N–H and O–H groups in total. The predicted molar refractivity (Wildman–Crippen MR) is 115 cm³/mol. The zero-order valence-corrected chi connectivity index (χ0v) is 16.4. The smallest absolute Gasteiger partial charge is 0.251 e. The summed E-state index contributed by atoms with van der Waals surface area (Å²) in [5.41, 5.74) is 6.11. The van der Waals surface area contributed by atoms with E-state index in [9.17, 15) is 4.79 Å². The van der Waals surface area contributed by atoms with Crippen molar-refractivity contribution in [2.24, 2.45) is 0 Å². The number of carbonyl (C=O) groups is 1. The molecule has 4 heteroatoms. The summed E-state index contributed by atoms with van der Waals surface area (Å²) in [6.07, 6.45) is 1.78. The van der Waals surface area contributed by atoms with Crippen molar-refractivity contribution >= 4 is 17.2 Å². The highest BCUT2D eigenvalue weighted by Crippen LogP contribution is 2.23. The lowest BCUT2D eigenvalue weighted by atomic mass is 10.0. The number of amides is 1. The van der Waals surface area contributed by atoms with Crippen LogP contribution in [0.25, 0.3) is 21.7 Å². The van der Waals surface area contributed by atoms with Crippen LogP contribution in [0.2, 0.25) is 0 Å². The molecule has 0 aliphatic heterocycles. The molecule has 2 aromatic carbocycles. The normalized spacial score (nSPS) is 10.6. The van der Waals surface area contributed by atoms with Crippen LogP contribution in [-0.2, 0) is 6.54 Å². The third-order valence-corrected chi connectivity index (χ3v) is 5.48. The predicted octanol–water partition coefficient (Wildman–Crippen LogP) is 5.72. The van der Waals surface area contributed by atoms with E-state index < -0.39 is 0 Å². The van der Waals surface area contributed by atoms with Crippen LogP contribution < -0.4 is 5.32 Å². The number of aromatic nitrogens is 1. The summed E-state index contributed by atoms with van der Waals surface area (Å²) in [4.78, 5) is 18.0. The molecular weight excluding hydrogens is 364 g/mol. The highest BCUT2D eigenvalue weighted by Gasteiger charge is 2.07. The summed E-state index contributed by atoms with van der Waals surface area (Å²) < 4.78 is 0. The monoisotopic (exact) mass is 384 g/mol. The van der Waals surface area contributed by atoms with Gasteiger partial charge in [-0.05, 0) is 59.3 Å². The van der Waals surface area contributed by atoms with Gasteiger partial charge in [-0.3, -0.25) is 9.78 Å². The van der Waals surface area contributed by atoms with E-state index in [-0.39, 0.29) is 5.91 Å². The van der Waals surface area contributed by atoms with Gasteiger partial charge >= 0.3 is 0 Å². The first-order valence-electron chi connectivity index (χ1n) is 9.13. The lowest BCUT2D eigenvalue weighted by molar-refractivity contribution is 0.0951. The van der Waals surface area contributed by atoms with Crippen molar-refractivity contribution in [3.63, 3.8) is 0 Å². The van der Waals surface area contributed by atoms with Crippen LogP contribution in [0.1, 0.15) is 21.5 Å². The molecule has 3 nitrogen and oxygen atoms in total. The van der Waals surface area contributed by atoms with Crippen LogP contribution in [0.5, 0.6) is 0 Å². The van der Waals surface area contributed by atoms with Gasteiger partial charge in [0.25, 0.3) is 5.91 Å². The second kappa shape index (κ2) is 8.19. The summed E-state index contributed by atoms with van der Waals surface area (Å²) in [6.45, 7) is 2.54. The van der Waals surface area contributed by atoms with Gasteiger partial charge in [-0.2, -0.15) is 0 Å². The molecule has 0 spiro atoms. The van der Waals surface area contributed by atoms with E-state index in [1.165, 1.54) is 5.56 Å². The van der Waals surface area contributed by atoms with Gasteiger partial charge in [0.15, 0.2) is 0 Å². The zero-order chi connectivity index (χ0) is 19.3. The molecule has 4 rings (SSSR count). The fourth-order valence-electron chi connectivity index (χ4n) is 2.99. The fraction of sp³-hybridized carbons (Fsp3) is 0.0833. The Morgan fingerprint density at radius 2 is 1.68 bits per heavy atom. The van der Waals surface area contributed by atoms with Crippen LogP contribution >= 0.6 is 11.3 Å². The average Bonchev–Trinajstić information content (AvgIpc) is 3.28. The topological polar surface area (TPSA) is 42.0 Å². The number of carbonyl (C=O) groups excluding carboxylic acids is 1. The van der Waals surface area contributed by atoms with Gasteiger partial charge in [0.1, 0.15) is 0 Å². The van der Waals surface area contributed by atoms with E-state index >= 15 is 0 Å². The van der Waals surface area contributed by atoms with Gasteiger partial charge < -0.3 is 5.32 Å². The lowest BCUT2D eigenvalue weighted by Gasteiger charge is -2.08. The first-order valence-corrected chi connectivity index (χ1v) is 10.0. The minimum atomic E-state index is -0.0788.